The molecule has 0 aromatic rings. The molecular formula is C32H36O8. The van der Waals surface area contributed by atoms with Gasteiger partial charge in [0.1, 0.15) is 18.3 Å². The van der Waals surface area contributed by atoms with Gasteiger partial charge in [0.25, 0.3) is 0 Å². The Morgan fingerprint density at radius 3 is 2.55 bits per heavy atom. The summed E-state index contributed by atoms with van der Waals surface area (Å²) in [5.74, 6) is -3.08. The third-order valence-electron chi connectivity index (χ3n) is 12.2. The van der Waals surface area contributed by atoms with Crippen molar-refractivity contribution in [2.45, 2.75) is 84.2 Å². The zero-order valence-electron chi connectivity index (χ0n) is 23.6. The zero-order chi connectivity index (χ0) is 28.7. The van der Waals surface area contributed by atoms with E-state index in [4.69, 9.17) is 14.2 Å². The molecule has 2 aliphatic heterocycles. The second-order valence-electron chi connectivity index (χ2n) is 13.6. The number of allylic oxidation sites excluding steroid dienone is 1. The van der Waals surface area contributed by atoms with Crippen LogP contribution in [0.4, 0.5) is 0 Å². The van der Waals surface area contributed by atoms with Crippen molar-refractivity contribution in [3.8, 4) is 0 Å². The Balaban J connectivity index is 1.44. The van der Waals surface area contributed by atoms with Crippen LogP contribution in [0.25, 0.3) is 0 Å². The first-order chi connectivity index (χ1) is 18.7. The molecule has 7 rings (SSSR count). The number of fused-ring (bicyclic) bond motifs is 5. The molecule has 212 valence electrons. The fourth-order valence-electron chi connectivity index (χ4n) is 10.4. The first-order valence-electron chi connectivity index (χ1n) is 14.4. The van der Waals surface area contributed by atoms with Crippen LogP contribution in [0.15, 0.2) is 47.1 Å². The van der Waals surface area contributed by atoms with E-state index in [9.17, 15) is 24.3 Å². The summed E-state index contributed by atoms with van der Waals surface area (Å²) in [4.78, 5) is 52.8. The smallest absolute Gasteiger partial charge is 0.334 e. The van der Waals surface area contributed by atoms with Gasteiger partial charge in [-0.15, -0.1) is 0 Å². The molecule has 4 fully saturated rings. The van der Waals surface area contributed by atoms with Gasteiger partial charge in [-0.1, -0.05) is 36.8 Å². The van der Waals surface area contributed by atoms with Crippen LogP contribution in [0.5, 0.6) is 0 Å². The Morgan fingerprint density at radius 2 is 1.90 bits per heavy atom. The van der Waals surface area contributed by atoms with Crippen LogP contribution < -0.4 is 0 Å². The number of hydrogen-bond donors (Lipinski definition) is 1. The Morgan fingerprint density at radius 1 is 1.18 bits per heavy atom. The third-order valence-corrected chi connectivity index (χ3v) is 12.2. The highest BCUT2D eigenvalue weighted by molar-refractivity contribution is 6.09. The van der Waals surface area contributed by atoms with E-state index in [2.05, 4.69) is 6.58 Å². The predicted octanol–water partition coefficient (Wildman–Crippen LogP) is 3.54. The summed E-state index contributed by atoms with van der Waals surface area (Å²) in [6, 6.07) is 0. The van der Waals surface area contributed by atoms with Gasteiger partial charge in [0.2, 0.25) is 0 Å². The van der Waals surface area contributed by atoms with Gasteiger partial charge < -0.3 is 19.3 Å². The minimum Gasteiger partial charge on any atom is -0.462 e. The van der Waals surface area contributed by atoms with E-state index < -0.39 is 75.8 Å². The van der Waals surface area contributed by atoms with E-state index in [1.54, 1.807) is 6.08 Å². The van der Waals surface area contributed by atoms with Crippen LogP contribution in [0.2, 0.25) is 0 Å². The number of esters is 3. The number of carbonyl (C=O) groups excluding carboxylic acids is 4. The molecule has 40 heavy (non-hydrogen) atoms. The Bertz CT molecular complexity index is 1410. The lowest BCUT2D eigenvalue weighted by atomic mass is 9.47. The normalized spacial score (nSPS) is 50.1. The first-order valence-corrected chi connectivity index (χ1v) is 14.4. The maximum absolute atomic E-state index is 14.4. The van der Waals surface area contributed by atoms with Gasteiger partial charge in [0.05, 0.1) is 16.9 Å². The summed E-state index contributed by atoms with van der Waals surface area (Å²) in [6.45, 7) is 13.0. The highest BCUT2D eigenvalue weighted by atomic mass is 16.6. The quantitative estimate of drug-likeness (QED) is 0.229. The summed E-state index contributed by atoms with van der Waals surface area (Å²) < 4.78 is 18.4. The summed E-state index contributed by atoms with van der Waals surface area (Å²) in [5.41, 5.74) is -1.37. The van der Waals surface area contributed by atoms with Crippen molar-refractivity contribution in [2.75, 3.05) is 0 Å². The lowest BCUT2D eigenvalue weighted by molar-refractivity contribution is -0.167. The number of carbonyl (C=O) groups is 4. The lowest BCUT2D eigenvalue weighted by Crippen LogP contribution is -2.61. The van der Waals surface area contributed by atoms with Crippen molar-refractivity contribution >= 4 is 23.7 Å². The third kappa shape index (κ3) is 2.63. The van der Waals surface area contributed by atoms with E-state index >= 15 is 0 Å². The van der Waals surface area contributed by atoms with Gasteiger partial charge in [0, 0.05) is 47.2 Å². The monoisotopic (exact) mass is 548 g/mol. The van der Waals surface area contributed by atoms with Gasteiger partial charge in [-0.05, 0) is 52.0 Å². The van der Waals surface area contributed by atoms with E-state index in [-0.39, 0.29) is 18.1 Å². The van der Waals surface area contributed by atoms with Crippen LogP contribution in [-0.4, -0.2) is 52.7 Å². The highest BCUT2D eigenvalue weighted by Gasteiger charge is 2.85. The molecule has 2 saturated carbocycles. The van der Waals surface area contributed by atoms with Crippen LogP contribution in [-0.2, 0) is 33.4 Å². The molecule has 1 N–H and O–H groups in total. The molecule has 0 amide bonds. The number of rotatable bonds is 1. The molecule has 0 radical (unpaired) electrons. The molecule has 0 unspecified atom stereocenters. The number of ether oxygens (including phenoxy) is 3. The Kier molecular flexibility index (Phi) is 4.95. The second-order valence-corrected chi connectivity index (χ2v) is 13.6. The predicted molar refractivity (Wildman–Crippen MR) is 141 cm³/mol. The number of ketones is 1. The van der Waals surface area contributed by atoms with E-state index in [1.807, 2.05) is 39.8 Å². The number of hydrogen-bond acceptors (Lipinski definition) is 8. The Hall–Kier alpha value is -3.00. The zero-order valence-corrected chi connectivity index (χ0v) is 23.6. The molecule has 2 heterocycles. The van der Waals surface area contributed by atoms with E-state index in [0.717, 1.165) is 11.1 Å². The molecule has 0 aromatic heterocycles. The van der Waals surface area contributed by atoms with Gasteiger partial charge >= 0.3 is 17.9 Å². The summed E-state index contributed by atoms with van der Waals surface area (Å²) >= 11 is 0. The maximum Gasteiger partial charge on any atom is 0.334 e. The van der Waals surface area contributed by atoms with Crippen molar-refractivity contribution in [1.82, 2.24) is 0 Å². The lowest BCUT2D eigenvalue weighted by Gasteiger charge is -2.58. The topological polar surface area (TPSA) is 116 Å². The van der Waals surface area contributed by atoms with Crippen molar-refractivity contribution in [3.63, 3.8) is 0 Å². The molecule has 8 heteroatoms. The first kappa shape index (κ1) is 25.9. The largest absolute Gasteiger partial charge is 0.462 e. The van der Waals surface area contributed by atoms with Crippen LogP contribution >= 0.6 is 0 Å². The molecule has 1 spiro atoms. The summed E-state index contributed by atoms with van der Waals surface area (Å²) in [5, 5.41) is 12.2. The minimum absolute atomic E-state index is 0.0927. The van der Waals surface area contributed by atoms with Crippen LogP contribution in [0.1, 0.15) is 60.3 Å². The molecule has 5 aliphatic carbocycles. The van der Waals surface area contributed by atoms with Crippen molar-refractivity contribution in [3.05, 3.63) is 47.1 Å². The van der Waals surface area contributed by atoms with Gasteiger partial charge in [0.15, 0.2) is 5.78 Å². The van der Waals surface area contributed by atoms with E-state index in [0.29, 0.717) is 30.4 Å². The summed E-state index contributed by atoms with van der Waals surface area (Å²) in [6.07, 6.45) is 5.24. The average molecular weight is 549 g/mol. The molecule has 8 nitrogen and oxygen atoms in total. The molecular weight excluding hydrogens is 512 g/mol. The standard InChI is InChI=1S/C32H36O8/c1-14-11-20(34)22-15(2)12-21(38-18(5)33)24-25(23(14)22)39-28(36)31(24)13-30-9-10-32(30,17(31)4)26-19(7-8-29(30,6)37)16(3)27(35)40-26/h9-11,17,19,21,23-26,37H,3,7-8,12-13H2,1-2,4-6H3/t17-,19-,21-,23-,24+,25+,26-,29+,30-,31-,32+/m0/s1. The molecule has 7 aliphatic rings. The maximum atomic E-state index is 14.4. The van der Waals surface area contributed by atoms with Crippen molar-refractivity contribution in [2.24, 2.45) is 39.9 Å². The van der Waals surface area contributed by atoms with Crippen molar-refractivity contribution in [1.29, 1.82) is 0 Å². The fourth-order valence-corrected chi connectivity index (χ4v) is 10.4. The minimum atomic E-state index is -1.20. The van der Waals surface area contributed by atoms with Crippen LogP contribution in [0, 0.1) is 39.9 Å². The fraction of sp³-hybridized carbons (Fsp3) is 0.625. The average Bonchev–Trinajstić information content (AvgIpc) is 3.42. The van der Waals surface area contributed by atoms with Gasteiger partial charge in [-0.3, -0.25) is 14.4 Å². The molecule has 0 aromatic carbocycles. The summed E-state index contributed by atoms with van der Waals surface area (Å²) in [7, 11) is 0. The molecule has 0 bridgehead atoms. The SMILES string of the molecule is C=C1C(=O)O[C@H]2[C@H]1CC[C@@](C)(O)[C@@]13C=C[C@@]21[C@@H](C)[C@]1(C3)C(=O)O[C@@H]2[C@H]3C(C)=CC(=O)C3=C(C)C[C@H](OC(C)=O)[C@H]21. The van der Waals surface area contributed by atoms with Gasteiger partial charge in [-0.2, -0.15) is 0 Å². The molecule has 2 saturated heterocycles. The molecule has 11 atom stereocenters. The highest BCUT2D eigenvalue weighted by Crippen LogP contribution is 2.81. The van der Waals surface area contributed by atoms with Crippen molar-refractivity contribution < 1.29 is 38.5 Å². The van der Waals surface area contributed by atoms with Crippen LogP contribution in [0.3, 0.4) is 0 Å². The number of aliphatic hydroxyl groups is 1. The Labute approximate surface area is 233 Å². The van der Waals surface area contributed by atoms with Gasteiger partial charge in [-0.25, -0.2) is 4.79 Å². The van der Waals surface area contributed by atoms with E-state index in [1.165, 1.54) is 6.92 Å². The second kappa shape index (κ2) is 7.64.